The first-order valence-electron chi connectivity index (χ1n) is 5.65. The van der Waals surface area contributed by atoms with Gasteiger partial charge in [-0.1, -0.05) is 36.7 Å². The third-order valence-electron chi connectivity index (χ3n) is 2.90. The van der Waals surface area contributed by atoms with Crippen molar-refractivity contribution in [1.82, 2.24) is 5.32 Å². The predicted octanol–water partition coefficient (Wildman–Crippen LogP) is 3.61. The molecule has 1 N–H and O–H groups in total. The molecule has 0 aliphatic heterocycles. The van der Waals surface area contributed by atoms with Gasteiger partial charge in [0, 0.05) is 11.0 Å². The van der Waals surface area contributed by atoms with E-state index >= 15 is 0 Å². The quantitative estimate of drug-likeness (QED) is 0.904. The van der Waals surface area contributed by atoms with Gasteiger partial charge in [0.05, 0.1) is 5.56 Å². The smallest absolute Gasteiger partial charge is 0.254 e. The van der Waals surface area contributed by atoms with Crippen molar-refractivity contribution in [3.8, 4) is 0 Å². The molecule has 0 heterocycles. The summed E-state index contributed by atoms with van der Waals surface area (Å²) in [7, 11) is 0. The zero-order valence-electron chi connectivity index (χ0n) is 10.3. The van der Waals surface area contributed by atoms with Crippen LogP contribution in [0.5, 0.6) is 0 Å². The van der Waals surface area contributed by atoms with Gasteiger partial charge in [-0.2, -0.15) is 0 Å². The Hall–Kier alpha value is -0.900. The standard InChI is InChI=1S/C13H17BrFNO/c1-8(2)9(3)7-16-13(17)11-6-10(14)4-5-12(11)15/h4-6,8-9H,7H2,1-3H3,(H,16,17). The fourth-order valence-corrected chi connectivity index (χ4v) is 1.62. The molecule has 0 radical (unpaired) electrons. The summed E-state index contributed by atoms with van der Waals surface area (Å²) in [6.45, 7) is 6.80. The van der Waals surface area contributed by atoms with E-state index in [2.05, 4.69) is 42.0 Å². The van der Waals surface area contributed by atoms with Crippen LogP contribution in [0.15, 0.2) is 22.7 Å². The zero-order chi connectivity index (χ0) is 13.0. The molecule has 0 fully saturated rings. The monoisotopic (exact) mass is 301 g/mol. The summed E-state index contributed by atoms with van der Waals surface area (Å²) in [5, 5.41) is 2.75. The van der Waals surface area contributed by atoms with Crippen LogP contribution in [0.1, 0.15) is 31.1 Å². The molecule has 1 aromatic carbocycles. The Morgan fingerprint density at radius 3 is 2.65 bits per heavy atom. The highest BCUT2D eigenvalue weighted by molar-refractivity contribution is 9.10. The Balaban J connectivity index is 2.67. The molecule has 1 rings (SSSR count). The molecule has 2 nitrogen and oxygen atoms in total. The number of carbonyl (C=O) groups excluding carboxylic acids is 1. The molecule has 0 saturated heterocycles. The lowest BCUT2D eigenvalue weighted by Crippen LogP contribution is -2.30. The van der Waals surface area contributed by atoms with Crippen LogP contribution in [0, 0.1) is 17.7 Å². The number of carbonyl (C=O) groups is 1. The van der Waals surface area contributed by atoms with Crippen molar-refractivity contribution in [2.45, 2.75) is 20.8 Å². The third kappa shape index (κ3) is 4.11. The molecule has 1 unspecified atom stereocenters. The van der Waals surface area contributed by atoms with Crippen molar-refractivity contribution in [2.75, 3.05) is 6.54 Å². The third-order valence-corrected chi connectivity index (χ3v) is 3.39. The lowest BCUT2D eigenvalue weighted by molar-refractivity contribution is 0.0941. The van der Waals surface area contributed by atoms with E-state index in [4.69, 9.17) is 0 Å². The number of hydrogen-bond donors (Lipinski definition) is 1. The van der Waals surface area contributed by atoms with Gasteiger partial charge in [0.2, 0.25) is 0 Å². The molecule has 4 heteroatoms. The average molecular weight is 302 g/mol. The fourth-order valence-electron chi connectivity index (χ4n) is 1.26. The number of nitrogens with one attached hydrogen (secondary N) is 1. The Morgan fingerprint density at radius 2 is 2.06 bits per heavy atom. The molecule has 94 valence electrons. The second-order valence-electron chi connectivity index (χ2n) is 4.56. The number of hydrogen-bond acceptors (Lipinski definition) is 1. The van der Waals surface area contributed by atoms with Gasteiger partial charge in [-0.15, -0.1) is 0 Å². The molecule has 0 aliphatic rings. The molecule has 1 amide bonds. The van der Waals surface area contributed by atoms with Crippen LogP contribution in [0.25, 0.3) is 0 Å². The summed E-state index contributed by atoms with van der Waals surface area (Å²) in [4.78, 5) is 11.8. The first-order valence-corrected chi connectivity index (χ1v) is 6.44. The lowest BCUT2D eigenvalue weighted by atomic mass is 9.98. The van der Waals surface area contributed by atoms with Crippen molar-refractivity contribution in [2.24, 2.45) is 11.8 Å². The number of benzene rings is 1. The van der Waals surface area contributed by atoms with Gasteiger partial charge in [-0.3, -0.25) is 4.79 Å². The summed E-state index contributed by atoms with van der Waals surface area (Å²) in [6.07, 6.45) is 0. The Morgan fingerprint density at radius 1 is 1.41 bits per heavy atom. The molecule has 0 bridgehead atoms. The summed E-state index contributed by atoms with van der Waals surface area (Å²) in [5.74, 6) is -0.00368. The minimum absolute atomic E-state index is 0.0790. The van der Waals surface area contributed by atoms with Gasteiger partial charge < -0.3 is 5.32 Å². The second-order valence-corrected chi connectivity index (χ2v) is 5.47. The van der Waals surface area contributed by atoms with E-state index in [1.54, 1.807) is 6.07 Å². The van der Waals surface area contributed by atoms with Crippen LogP contribution in [0.2, 0.25) is 0 Å². The largest absolute Gasteiger partial charge is 0.352 e. The molecule has 0 saturated carbocycles. The fraction of sp³-hybridized carbons (Fsp3) is 0.462. The molecule has 0 aromatic heterocycles. The minimum Gasteiger partial charge on any atom is -0.352 e. The number of amides is 1. The lowest BCUT2D eigenvalue weighted by Gasteiger charge is -2.16. The van der Waals surface area contributed by atoms with Crippen LogP contribution in [0.3, 0.4) is 0 Å². The van der Waals surface area contributed by atoms with E-state index < -0.39 is 5.82 Å². The van der Waals surface area contributed by atoms with Crippen molar-refractivity contribution < 1.29 is 9.18 Å². The first-order chi connectivity index (χ1) is 7.91. The van der Waals surface area contributed by atoms with Crippen LogP contribution in [-0.4, -0.2) is 12.5 Å². The van der Waals surface area contributed by atoms with Crippen molar-refractivity contribution in [3.63, 3.8) is 0 Å². The van der Waals surface area contributed by atoms with Gasteiger partial charge in [-0.25, -0.2) is 4.39 Å². The molecule has 0 spiro atoms. The maximum Gasteiger partial charge on any atom is 0.254 e. The summed E-state index contributed by atoms with van der Waals surface area (Å²) >= 11 is 3.22. The molecular formula is C13H17BrFNO. The van der Waals surface area contributed by atoms with E-state index in [9.17, 15) is 9.18 Å². The highest BCUT2D eigenvalue weighted by atomic mass is 79.9. The van der Waals surface area contributed by atoms with E-state index in [-0.39, 0.29) is 11.5 Å². The Labute approximate surface area is 110 Å². The van der Waals surface area contributed by atoms with Crippen LogP contribution in [0.4, 0.5) is 4.39 Å². The molecule has 17 heavy (non-hydrogen) atoms. The molecule has 1 aromatic rings. The number of halogens is 2. The van der Waals surface area contributed by atoms with Gasteiger partial charge in [0.15, 0.2) is 0 Å². The van der Waals surface area contributed by atoms with E-state index in [1.807, 2.05) is 0 Å². The molecule has 1 atom stereocenters. The predicted molar refractivity (Wildman–Crippen MR) is 70.4 cm³/mol. The van der Waals surface area contributed by atoms with E-state index in [0.29, 0.717) is 22.9 Å². The summed E-state index contributed by atoms with van der Waals surface area (Å²) in [5.41, 5.74) is 0.0790. The summed E-state index contributed by atoms with van der Waals surface area (Å²) in [6, 6.07) is 4.35. The first kappa shape index (κ1) is 14.2. The van der Waals surface area contributed by atoms with Crippen LogP contribution < -0.4 is 5.32 Å². The van der Waals surface area contributed by atoms with Crippen molar-refractivity contribution in [3.05, 3.63) is 34.1 Å². The highest BCUT2D eigenvalue weighted by Crippen LogP contribution is 2.15. The van der Waals surface area contributed by atoms with Gasteiger partial charge >= 0.3 is 0 Å². The summed E-state index contributed by atoms with van der Waals surface area (Å²) < 4.78 is 14.1. The Kier molecular flexibility index (Phi) is 5.12. The second kappa shape index (κ2) is 6.15. The minimum atomic E-state index is -0.497. The van der Waals surface area contributed by atoms with Gasteiger partial charge in [0.1, 0.15) is 5.82 Å². The van der Waals surface area contributed by atoms with Gasteiger partial charge in [0.25, 0.3) is 5.91 Å². The van der Waals surface area contributed by atoms with Crippen LogP contribution >= 0.6 is 15.9 Å². The SMILES string of the molecule is CC(C)C(C)CNC(=O)c1cc(Br)ccc1F. The Bertz CT molecular complexity index is 406. The normalized spacial score (nSPS) is 12.6. The molecular weight excluding hydrogens is 285 g/mol. The van der Waals surface area contributed by atoms with E-state index in [0.717, 1.165) is 0 Å². The maximum atomic E-state index is 13.4. The van der Waals surface area contributed by atoms with Crippen molar-refractivity contribution >= 4 is 21.8 Å². The molecule has 0 aliphatic carbocycles. The maximum absolute atomic E-state index is 13.4. The van der Waals surface area contributed by atoms with Crippen LogP contribution in [-0.2, 0) is 0 Å². The highest BCUT2D eigenvalue weighted by Gasteiger charge is 2.14. The average Bonchev–Trinajstić information content (AvgIpc) is 2.28. The topological polar surface area (TPSA) is 29.1 Å². The van der Waals surface area contributed by atoms with E-state index in [1.165, 1.54) is 12.1 Å². The number of rotatable bonds is 4. The van der Waals surface area contributed by atoms with Crippen molar-refractivity contribution in [1.29, 1.82) is 0 Å². The van der Waals surface area contributed by atoms with Gasteiger partial charge in [-0.05, 0) is 30.0 Å². The zero-order valence-corrected chi connectivity index (χ0v) is 11.8.